The van der Waals surface area contributed by atoms with Crippen molar-refractivity contribution in [2.45, 2.75) is 31.8 Å². The van der Waals surface area contributed by atoms with E-state index in [9.17, 15) is 14.0 Å². The van der Waals surface area contributed by atoms with Crippen LogP contribution < -0.4 is 4.74 Å². The minimum absolute atomic E-state index is 0.00354. The lowest BCUT2D eigenvalue weighted by Gasteiger charge is -2.41. The largest absolute Gasteiger partial charge is 0.494 e. The number of hydrogen-bond acceptors (Lipinski definition) is 3. The Labute approximate surface area is 128 Å². The second-order valence-corrected chi connectivity index (χ2v) is 5.81. The van der Waals surface area contributed by atoms with Crippen molar-refractivity contribution < 1.29 is 18.7 Å². The third-order valence-electron chi connectivity index (χ3n) is 4.55. The Hall–Kier alpha value is -2.11. The Morgan fingerprint density at radius 3 is 2.91 bits per heavy atom. The molecule has 0 spiro atoms. The van der Waals surface area contributed by atoms with Gasteiger partial charge in [-0.3, -0.25) is 9.59 Å². The molecule has 1 aromatic carbocycles. The van der Waals surface area contributed by atoms with E-state index in [1.807, 2.05) is 4.90 Å². The molecule has 0 N–H and O–H groups in total. The zero-order valence-electron chi connectivity index (χ0n) is 12.7. The van der Waals surface area contributed by atoms with E-state index >= 15 is 0 Å². The van der Waals surface area contributed by atoms with E-state index < -0.39 is 11.9 Å². The van der Waals surface area contributed by atoms with Crippen LogP contribution in [0, 0.1) is 5.82 Å². The molecule has 3 rings (SSSR count). The molecule has 6 heteroatoms. The highest BCUT2D eigenvalue weighted by Crippen LogP contribution is 2.27. The molecule has 5 nitrogen and oxygen atoms in total. The smallest absolute Gasteiger partial charge is 0.254 e. The highest BCUT2D eigenvalue weighted by atomic mass is 19.1. The average molecular weight is 306 g/mol. The molecule has 2 aliphatic rings. The van der Waals surface area contributed by atoms with Crippen LogP contribution in [0.1, 0.15) is 30.1 Å². The monoisotopic (exact) mass is 306 g/mol. The van der Waals surface area contributed by atoms with Crippen molar-refractivity contribution in [1.29, 1.82) is 0 Å². The minimum atomic E-state index is -0.510. The molecule has 0 aromatic heterocycles. The highest BCUT2D eigenvalue weighted by molar-refractivity contribution is 5.98. The quantitative estimate of drug-likeness (QED) is 0.835. The number of carbonyl (C=O) groups is 2. The summed E-state index contributed by atoms with van der Waals surface area (Å²) in [6.45, 7) is 3.06. The predicted octanol–water partition coefficient (Wildman–Crippen LogP) is 1.67. The molecule has 2 atom stereocenters. The van der Waals surface area contributed by atoms with Gasteiger partial charge < -0.3 is 14.5 Å². The zero-order valence-corrected chi connectivity index (χ0v) is 12.7. The van der Waals surface area contributed by atoms with E-state index in [1.54, 1.807) is 11.8 Å². The van der Waals surface area contributed by atoms with Crippen LogP contribution in [-0.4, -0.2) is 53.9 Å². The number of methoxy groups -OCH3 is 1. The number of halogens is 1. The third-order valence-corrected chi connectivity index (χ3v) is 4.55. The first-order chi connectivity index (χ1) is 10.5. The highest BCUT2D eigenvalue weighted by Gasteiger charge is 2.42. The van der Waals surface area contributed by atoms with Crippen LogP contribution in [-0.2, 0) is 4.79 Å². The van der Waals surface area contributed by atoms with E-state index in [2.05, 4.69) is 0 Å². The molecule has 2 amide bonds. The Morgan fingerprint density at radius 2 is 2.18 bits per heavy atom. The van der Waals surface area contributed by atoms with Crippen LogP contribution in [0.5, 0.6) is 5.75 Å². The lowest BCUT2D eigenvalue weighted by atomic mass is 10.1. The molecule has 2 fully saturated rings. The van der Waals surface area contributed by atoms with Gasteiger partial charge in [-0.15, -0.1) is 0 Å². The SMILES string of the molecule is COc1cc(C(=O)N2C[C@H]3CCCN3C(=O)[C@H]2C)ccc1F. The molecule has 1 aromatic rings. The van der Waals surface area contributed by atoms with Crippen LogP contribution in [0.25, 0.3) is 0 Å². The molecule has 0 aliphatic carbocycles. The standard InChI is InChI=1S/C16H19FN2O3/c1-10-15(20)18-7-3-4-12(18)9-19(10)16(21)11-5-6-13(17)14(8-11)22-2/h5-6,8,10,12H,3-4,7,9H2,1-2H3/t10-,12-/m1/s1. The van der Waals surface area contributed by atoms with Crippen LogP contribution >= 0.6 is 0 Å². The van der Waals surface area contributed by atoms with E-state index in [-0.39, 0.29) is 23.6 Å². The minimum Gasteiger partial charge on any atom is -0.494 e. The van der Waals surface area contributed by atoms with E-state index in [0.29, 0.717) is 12.1 Å². The number of piperazine rings is 1. The van der Waals surface area contributed by atoms with Crippen molar-refractivity contribution in [2.24, 2.45) is 0 Å². The van der Waals surface area contributed by atoms with Gasteiger partial charge >= 0.3 is 0 Å². The Balaban J connectivity index is 1.86. The Bertz CT molecular complexity index is 619. The van der Waals surface area contributed by atoms with E-state index in [0.717, 1.165) is 19.4 Å². The van der Waals surface area contributed by atoms with Gasteiger partial charge in [0.05, 0.1) is 7.11 Å². The fourth-order valence-corrected chi connectivity index (χ4v) is 3.29. The van der Waals surface area contributed by atoms with Crippen molar-refractivity contribution in [2.75, 3.05) is 20.2 Å². The second kappa shape index (κ2) is 5.59. The molecule has 0 bridgehead atoms. The molecule has 2 saturated heterocycles. The van der Waals surface area contributed by atoms with Gasteiger partial charge in [-0.2, -0.15) is 0 Å². The van der Waals surface area contributed by atoms with Gasteiger partial charge in [-0.05, 0) is 38.0 Å². The molecule has 22 heavy (non-hydrogen) atoms. The number of rotatable bonds is 2. The first-order valence-corrected chi connectivity index (χ1v) is 7.48. The molecular weight excluding hydrogens is 287 g/mol. The number of amides is 2. The maximum absolute atomic E-state index is 13.5. The van der Waals surface area contributed by atoms with E-state index in [1.165, 1.54) is 25.3 Å². The molecule has 0 saturated carbocycles. The van der Waals surface area contributed by atoms with Crippen molar-refractivity contribution >= 4 is 11.8 Å². The van der Waals surface area contributed by atoms with Crippen molar-refractivity contribution in [3.05, 3.63) is 29.6 Å². The van der Waals surface area contributed by atoms with Crippen LogP contribution in [0.3, 0.4) is 0 Å². The zero-order chi connectivity index (χ0) is 15.9. The van der Waals surface area contributed by atoms with E-state index in [4.69, 9.17) is 4.74 Å². The Morgan fingerprint density at radius 1 is 1.41 bits per heavy atom. The molecule has 118 valence electrons. The third kappa shape index (κ3) is 2.32. The van der Waals surface area contributed by atoms with Gasteiger partial charge in [0.1, 0.15) is 6.04 Å². The summed E-state index contributed by atoms with van der Waals surface area (Å²) < 4.78 is 18.4. The van der Waals surface area contributed by atoms with Crippen molar-refractivity contribution in [3.8, 4) is 5.75 Å². The fraction of sp³-hybridized carbons (Fsp3) is 0.500. The molecule has 2 aliphatic heterocycles. The molecule has 2 heterocycles. The van der Waals surface area contributed by atoms with Crippen LogP contribution in [0.15, 0.2) is 18.2 Å². The number of hydrogen-bond donors (Lipinski definition) is 0. The van der Waals surface area contributed by atoms with Gasteiger partial charge in [-0.25, -0.2) is 4.39 Å². The summed E-state index contributed by atoms with van der Waals surface area (Å²) >= 11 is 0. The summed E-state index contributed by atoms with van der Waals surface area (Å²) in [5.74, 6) is -0.741. The van der Waals surface area contributed by atoms with Gasteiger partial charge in [0, 0.05) is 24.7 Å². The van der Waals surface area contributed by atoms with Gasteiger partial charge in [-0.1, -0.05) is 0 Å². The summed E-state index contributed by atoms with van der Waals surface area (Å²) in [6.07, 6.45) is 1.91. The van der Waals surface area contributed by atoms with Crippen molar-refractivity contribution in [1.82, 2.24) is 9.80 Å². The molecule has 0 radical (unpaired) electrons. The second-order valence-electron chi connectivity index (χ2n) is 5.81. The lowest BCUT2D eigenvalue weighted by Crippen LogP contribution is -2.60. The van der Waals surface area contributed by atoms with Crippen LogP contribution in [0.2, 0.25) is 0 Å². The maximum Gasteiger partial charge on any atom is 0.254 e. The summed E-state index contributed by atoms with van der Waals surface area (Å²) in [5.41, 5.74) is 0.337. The topological polar surface area (TPSA) is 49.9 Å². The number of fused-ring (bicyclic) bond motifs is 1. The van der Waals surface area contributed by atoms with Gasteiger partial charge in [0.2, 0.25) is 5.91 Å². The number of carbonyl (C=O) groups excluding carboxylic acids is 2. The summed E-state index contributed by atoms with van der Waals surface area (Å²) in [4.78, 5) is 28.5. The lowest BCUT2D eigenvalue weighted by molar-refractivity contribution is -0.141. The summed E-state index contributed by atoms with van der Waals surface area (Å²) in [5, 5.41) is 0. The fourth-order valence-electron chi connectivity index (χ4n) is 3.29. The Kier molecular flexibility index (Phi) is 3.76. The van der Waals surface area contributed by atoms with Gasteiger partial charge in [0.15, 0.2) is 11.6 Å². The number of nitrogens with zero attached hydrogens (tertiary/aromatic N) is 2. The van der Waals surface area contributed by atoms with Crippen molar-refractivity contribution in [3.63, 3.8) is 0 Å². The average Bonchev–Trinajstić information content (AvgIpc) is 2.99. The first-order valence-electron chi connectivity index (χ1n) is 7.48. The maximum atomic E-state index is 13.5. The normalized spacial score (nSPS) is 24.4. The van der Waals surface area contributed by atoms with Crippen LogP contribution in [0.4, 0.5) is 4.39 Å². The van der Waals surface area contributed by atoms with Gasteiger partial charge in [0.25, 0.3) is 5.91 Å². The number of benzene rings is 1. The first kappa shape index (κ1) is 14.8. The predicted molar refractivity (Wildman–Crippen MR) is 78.2 cm³/mol. The molecular formula is C16H19FN2O3. The summed E-state index contributed by atoms with van der Waals surface area (Å²) in [6, 6.07) is 3.64. The molecule has 0 unspecified atom stereocenters. The summed E-state index contributed by atoms with van der Waals surface area (Å²) in [7, 11) is 1.36. The number of ether oxygens (including phenoxy) is 1.